The number of rotatable bonds is 7. The van der Waals surface area contributed by atoms with Crippen LogP contribution >= 0.6 is 11.6 Å². The molecule has 9 nitrogen and oxygen atoms in total. The minimum absolute atomic E-state index is 0.0720. The molecule has 10 heteroatoms. The number of anilines is 1. The van der Waals surface area contributed by atoms with E-state index in [1.54, 1.807) is 0 Å². The van der Waals surface area contributed by atoms with E-state index in [1.807, 2.05) is 0 Å². The van der Waals surface area contributed by atoms with Gasteiger partial charge in [0.1, 0.15) is 11.5 Å². The SMILES string of the molecule is COc1cc(NC(=O)CNC(=O)c2cccc([N+](=O)[O-])c2)c(OC)cc1Cl. The Bertz CT molecular complexity index is 887. The number of nitrogens with one attached hydrogen (secondary N) is 2. The lowest BCUT2D eigenvalue weighted by Gasteiger charge is -2.13. The lowest BCUT2D eigenvalue weighted by atomic mass is 10.2. The van der Waals surface area contributed by atoms with E-state index in [-0.39, 0.29) is 17.8 Å². The molecule has 0 aromatic heterocycles. The van der Waals surface area contributed by atoms with Crippen molar-refractivity contribution in [2.75, 3.05) is 26.1 Å². The molecule has 0 saturated carbocycles. The maximum atomic E-state index is 12.1. The van der Waals surface area contributed by atoms with Crippen molar-refractivity contribution >= 4 is 34.8 Å². The van der Waals surface area contributed by atoms with Crippen LogP contribution in [0.2, 0.25) is 5.02 Å². The van der Waals surface area contributed by atoms with Crippen molar-refractivity contribution in [1.82, 2.24) is 5.32 Å². The van der Waals surface area contributed by atoms with Crippen molar-refractivity contribution < 1.29 is 24.0 Å². The molecule has 0 aliphatic carbocycles. The molecule has 0 aliphatic heterocycles. The molecule has 2 amide bonds. The molecule has 0 aliphatic rings. The number of halogens is 1. The Morgan fingerprint density at radius 3 is 2.48 bits per heavy atom. The van der Waals surface area contributed by atoms with E-state index in [2.05, 4.69) is 10.6 Å². The fraction of sp³-hybridized carbons (Fsp3) is 0.176. The molecule has 0 heterocycles. The number of nitro groups is 1. The average molecular weight is 394 g/mol. The van der Waals surface area contributed by atoms with Crippen molar-refractivity contribution in [3.63, 3.8) is 0 Å². The van der Waals surface area contributed by atoms with Gasteiger partial charge in [-0.25, -0.2) is 0 Å². The molecule has 2 N–H and O–H groups in total. The maximum Gasteiger partial charge on any atom is 0.270 e. The average Bonchev–Trinajstić information content (AvgIpc) is 2.67. The van der Waals surface area contributed by atoms with Crippen LogP contribution in [0.25, 0.3) is 0 Å². The molecule has 0 saturated heterocycles. The topological polar surface area (TPSA) is 120 Å². The molecular formula is C17H16ClN3O6. The summed E-state index contributed by atoms with van der Waals surface area (Å²) in [7, 11) is 2.84. The number of methoxy groups -OCH3 is 2. The zero-order valence-corrected chi connectivity index (χ0v) is 15.2. The highest BCUT2D eigenvalue weighted by Gasteiger charge is 2.15. The minimum Gasteiger partial charge on any atom is -0.495 e. The van der Waals surface area contributed by atoms with Crippen LogP contribution in [0, 0.1) is 10.1 Å². The number of hydrogen-bond donors (Lipinski definition) is 2. The second-order valence-corrected chi connectivity index (χ2v) is 5.63. The zero-order chi connectivity index (χ0) is 20.0. The van der Waals surface area contributed by atoms with Gasteiger partial charge in [0, 0.05) is 29.8 Å². The standard InChI is InChI=1S/C17H16ClN3O6/c1-26-14-8-13(15(27-2)7-12(14)18)20-16(22)9-19-17(23)10-4-3-5-11(6-10)21(24)25/h3-8H,9H2,1-2H3,(H,19,23)(H,20,22). The van der Waals surface area contributed by atoms with Gasteiger partial charge in [0.25, 0.3) is 11.6 Å². The largest absolute Gasteiger partial charge is 0.495 e. The summed E-state index contributed by atoms with van der Waals surface area (Å²) in [6.07, 6.45) is 0. The Morgan fingerprint density at radius 1 is 1.15 bits per heavy atom. The van der Waals surface area contributed by atoms with Gasteiger partial charge in [-0.2, -0.15) is 0 Å². The molecule has 0 bridgehead atoms. The molecule has 2 aromatic rings. The van der Waals surface area contributed by atoms with E-state index in [4.69, 9.17) is 21.1 Å². The highest BCUT2D eigenvalue weighted by atomic mass is 35.5. The number of carbonyl (C=O) groups is 2. The molecule has 0 radical (unpaired) electrons. The van der Waals surface area contributed by atoms with Gasteiger partial charge < -0.3 is 20.1 Å². The van der Waals surface area contributed by atoms with Crippen molar-refractivity contribution in [2.45, 2.75) is 0 Å². The number of nitro benzene ring substituents is 1. The molecule has 2 rings (SSSR count). The van der Waals surface area contributed by atoms with Crippen molar-refractivity contribution in [2.24, 2.45) is 0 Å². The third-order valence-corrected chi connectivity index (χ3v) is 3.77. The van der Waals surface area contributed by atoms with Crippen LogP contribution in [0.4, 0.5) is 11.4 Å². The summed E-state index contributed by atoms with van der Waals surface area (Å²) in [5.74, 6) is -0.487. The zero-order valence-electron chi connectivity index (χ0n) is 14.4. The molecule has 2 aromatic carbocycles. The van der Waals surface area contributed by atoms with Gasteiger partial charge in [-0.3, -0.25) is 19.7 Å². The second-order valence-electron chi connectivity index (χ2n) is 5.23. The number of amides is 2. The number of nitrogens with zero attached hydrogens (tertiary/aromatic N) is 1. The van der Waals surface area contributed by atoms with E-state index in [0.717, 1.165) is 6.07 Å². The number of benzene rings is 2. The quantitative estimate of drug-likeness (QED) is 0.551. The van der Waals surface area contributed by atoms with Gasteiger partial charge in [0.15, 0.2) is 0 Å². The fourth-order valence-electron chi connectivity index (χ4n) is 2.18. The summed E-state index contributed by atoms with van der Waals surface area (Å²) in [6, 6.07) is 8.16. The van der Waals surface area contributed by atoms with Gasteiger partial charge >= 0.3 is 0 Å². The highest BCUT2D eigenvalue weighted by molar-refractivity contribution is 6.32. The molecule has 0 spiro atoms. The molecular weight excluding hydrogens is 378 g/mol. The van der Waals surface area contributed by atoms with Crippen LogP contribution in [0.5, 0.6) is 11.5 Å². The van der Waals surface area contributed by atoms with Crippen molar-refractivity contribution in [1.29, 1.82) is 0 Å². The summed E-state index contributed by atoms with van der Waals surface area (Å²) in [4.78, 5) is 34.3. The Kier molecular flexibility index (Phi) is 6.56. The van der Waals surface area contributed by atoms with Crippen LogP contribution in [0.3, 0.4) is 0 Å². The van der Waals surface area contributed by atoms with E-state index in [0.29, 0.717) is 22.2 Å². The van der Waals surface area contributed by atoms with Gasteiger partial charge in [-0.1, -0.05) is 17.7 Å². The predicted octanol–water partition coefficient (Wildman–Crippen LogP) is 2.63. The Balaban J connectivity index is 2.03. The van der Waals surface area contributed by atoms with Crippen molar-refractivity contribution in [3.8, 4) is 11.5 Å². The fourth-order valence-corrected chi connectivity index (χ4v) is 2.41. The monoisotopic (exact) mass is 393 g/mol. The van der Waals surface area contributed by atoms with Crippen LogP contribution in [0.15, 0.2) is 36.4 Å². The summed E-state index contributed by atoms with van der Waals surface area (Å²) in [6.45, 7) is -0.352. The smallest absolute Gasteiger partial charge is 0.270 e. The summed E-state index contributed by atoms with van der Waals surface area (Å²) in [5.41, 5.74) is 0.168. The number of hydrogen-bond acceptors (Lipinski definition) is 6. The normalized spacial score (nSPS) is 10.0. The van der Waals surface area contributed by atoms with Gasteiger partial charge in [0.05, 0.1) is 36.4 Å². The summed E-state index contributed by atoms with van der Waals surface area (Å²) in [5, 5.41) is 16.0. The maximum absolute atomic E-state index is 12.1. The third kappa shape index (κ3) is 5.08. The van der Waals surface area contributed by atoms with Crippen LogP contribution in [-0.2, 0) is 4.79 Å². The van der Waals surface area contributed by atoms with E-state index in [9.17, 15) is 19.7 Å². The minimum atomic E-state index is -0.616. The van der Waals surface area contributed by atoms with E-state index >= 15 is 0 Å². The van der Waals surface area contributed by atoms with Gasteiger partial charge in [0.2, 0.25) is 5.91 Å². The summed E-state index contributed by atoms with van der Waals surface area (Å²) >= 11 is 6.00. The lowest BCUT2D eigenvalue weighted by molar-refractivity contribution is -0.384. The van der Waals surface area contributed by atoms with Crippen molar-refractivity contribution in [3.05, 3.63) is 57.1 Å². The van der Waals surface area contributed by atoms with E-state index in [1.165, 1.54) is 44.6 Å². The Morgan fingerprint density at radius 2 is 1.85 bits per heavy atom. The lowest BCUT2D eigenvalue weighted by Crippen LogP contribution is -2.32. The predicted molar refractivity (Wildman–Crippen MR) is 98.6 cm³/mol. The van der Waals surface area contributed by atoms with Gasteiger partial charge in [-0.15, -0.1) is 0 Å². The Hall–Kier alpha value is -3.33. The first kappa shape index (κ1) is 20.0. The van der Waals surface area contributed by atoms with E-state index < -0.39 is 16.7 Å². The van der Waals surface area contributed by atoms with Gasteiger partial charge in [-0.05, 0) is 6.07 Å². The molecule has 27 heavy (non-hydrogen) atoms. The molecule has 0 fully saturated rings. The first-order chi connectivity index (χ1) is 12.8. The molecule has 142 valence electrons. The van der Waals surface area contributed by atoms with Crippen LogP contribution < -0.4 is 20.1 Å². The summed E-state index contributed by atoms with van der Waals surface area (Å²) < 4.78 is 10.2. The highest BCUT2D eigenvalue weighted by Crippen LogP contribution is 2.35. The number of non-ortho nitro benzene ring substituents is 1. The number of ether oxygens (including phenoxy) is 2. The van der Waals surface area contributed by atoms with Crippen LogP contribution in [0.1, 0.15) is 10.4 Å². The number of carbonyl (C=O) groups excluding carboxylic acids is 2. The molecule has 0 atom stereocenters. The first-order valence-electron chi connectivity index (χ1n) is 7.59. The van der Waals surface area contributed by atoms with Crippen LogP contribution in [-0.4, -0.2) is 37.5 Å². The molecule has 0 unspecified atom stereocenters. The Labute approximate surface area is 159 Å². The third-order valence-electron chi connectivity index (χ3n) is 3.48. The second kappa shape index (κ2) is 8.86. The first-order valence-corrected chi connectivity index (χ1v) is 7.97.